The maximum absolute atomic E-state index is 11.1. The van der Waals surface area contributed by atoms with Crippen molar-refractivity contribution in [3.8, 4) is 0 Å². The van der Waals surface area contributed by atoms with Crippen molar-refractivity contribution in [1.82, 2.24) is 9.78 Å². The first-order valence-electron chi connectivity index (χ1n) is 6.54. The van der Waals surface area contributed by atoms with Gasteiger partial charge >= 0.3 is 5.69 Å². The second-order valence-electron chi connectivity index (χ2n) is 4.61. The average Bonchev–Trinajstić information content (AvgIpc) is 2.61. The van der Waals surface area contributed by atoms with E-state index in [0.717, 1.165) is 6.42 Å². The Morgan fingerprint density at radius 1 is 1.53 bits per heavy atom. The van der Waals surface area contributed by atoms with E-state index >= 15 is 0 Å². The summed E-state index contributed by atoms with van der Waals surface area (Å²) >= 11 is 0. The number of hydrogen-bond acceptors (Lipinski definition) is 5. The number of nitrogens with zero attached hydrogens (tertiary/aromatic N) is 3. The largest absolute Gasteiger partial charge is 0.377 e. The van der Waals surface area contributed by atoms with Crippen molar-refractivity contribution in [1.29, 1.82) is 0 Å². The van der Waals surface area contributed by atoms with Crippen LogP contribution in [0.3, 0.4) is 0 Å². The Bertz CT molecular complexity index is 429. The van der Waals surface area contributed by atoms with E-state index in [9.17, 15) is 10.1 Å². The lowest BCUT2D eigenvalue weighted by Crippen LogP contribution is -2.16. The average molecular weight is 270 g/mol. The fourth-order valence-electron chi connectivity index (χ4n) is 1.80. The summed E-state index contributed by atoms with van der Waals surface area (Å²) in [5, 5.41) is 18.3. The molecule has 0 saturated carbocycles. The molecule has 1 heterocycles. The molecule has 1 aromatic rings. The lowest BCUT2D eigenvalue weighted by atomic mass is 10.4. The minimum Gasteiger partial charge on any atom is -0.377 e. The molecule has 0 spiro atoms. The summed E-state index contributed by atoms with van der Waals surface area (Å²) in [6.45, 7) is 9.25. The third-order valence-corrected chi connectivity index (χ3v) is 2.56. The maximum Gasteiger partial charge on any atom is 0.333 e. The van der Waals surface area contributed by atoms with E-state index in [0.29, 0.717) is 31.2 Å². The highest BCUT2D eigenvalue weighted by Crippen LogP contribution is 2.28. The van der Waals surface area contributed by atoms with E-state index in [4.69, 9.17) is 4.74 Å². The normalized spacial score (nSPS) is 11.0. The Labute approximate surface area is 113 Å². The molecular formula is C12H22N4O3. The number of nitrogens with one attached hydrogen (secondary N) is 1. The zero-order chi connectivity index (χ0) is 14.4. The molecule has 0 radical (unpaired) electrons. The number of rotatable bonds is 8. The molecule has 0 fully saturated rings. The first-order valence-corrected chi connectivity index (χ1v) is 6.54. The Hall–Kier alpha value is -1.63. The van der Waals surface area contributed by atoms with Gasteiger partial charge in [-0.3, -0.25) is 10.1 Å². The second kappa shape index (κ2) is 7.08. The molecule has 0 aromatic carbocycles. The van der Waals surface area contributed by atoms with Crippen molar-refractivity contribution in [2.45, 2.75) is 46.8 Å². The molecular weight excluding hydrogens is 248 g/mol. The van der Waals surface area contributed by atoms with Crippen molar-refractivity contribution in [2.24, 2.45) is 0 Å². The van der Waals surface area contributed by atoms with Gasteiger partial charge in [0.15, 0.2) is 0 Å². The van der Waals surface area contributed by atoms with Gasteiger partial charge in [0.2, 0.25) is 5.82 Å². The van der Waals surface area contributed by atoms with Crippen LogP contribution in [0.15, 0.2) is 0 Å². The SMILES string of the molecule is CCCn1nc(C)c([N+](=O)[O-])c1NCCOC(C)C. The molecule has 108 valence electrons. The standard InChI is InChI=1S/C12H22N4O3/c1-5-7-15-12(13-6-8-19-9(2)3)11(16(17)18)10(4)14-15/h9,13H,5-8H2,1-4H3. The molecule has 0 aliphatic heterocycles. The fourth-order valence-corrected chi connectivity index (χ4v) is 1.80. The van der Waals surface area contributed by atoms with E-state index in [2.05, 4.69) is 10.4 Å². The van der Waals surface area contributed by atoms with Gasteiger partial charge in [0, 0.05) is 13.1 Å². The van der Waals surface area contributed by atoms with Gasteiger partial charge < -0.3 is 10.1 Å². The molecule has 0 aliphatic carbocycles. The molecule has 1 N–H and O–H groups in total. The molecule has 0 saturated heterocycles. The third kappa shape index (κ3) is 4.20. The van der Waals surface area contributed by atoms with Crippen LogP contribution in [0.2, 0.25) is 0 Å². The summed E-state index contributed by atoms with van der Waals surface area (Å²) < 4.78 is 7.06. The molecule has 0 aliphatic rings. The Balaban J connectivity index is 2.80. The molecule has 7 nitrogen and oxygen atoms in total. The van der Waals surface area contributed by atoms with Gasteiger partial charge in [-0.15, -0.1) is 0 Å². The minimum absolute atomic E-state index is 0.0537. The monoisotopic (exact) mass is 270 g/mol. The second-order valence-corrected chi connectivity index (χ2v) is 4.61. The first kappa shape index (κ1) is 15.4. The van der Waals surface area contributed by atoms with Crippen LogP contribution in [0.4, 0.5) is 11.5 Å². The minimum atomic E-state index is -0.389. The van der Waals surface area contributed by atoms with Gasteiger partial charge in [-0.1, -0.05) is 6.92 Å². The summed E-state index contributed by atoms with van der Waals surface area (Å²) in [5.74, 6) is 0.469. The van der Waals surface area contributed by atoms with Crippen molar-refractivity contribution in [3.05, 3.63) is 15.8 Å². The van der Waals surface area contributed by atoms with Crippen LogP contribution < -0.4 is 5.32 Å². The molecule has 0 bridgehead atoms. The summed E-state index contributed by atoms with van der Waals surface area (Å²) in [6, 6.07) is 0. The number of hydrogen-bond donors (Lipinski definition) is 1. The number of aromatic nitrogens is 2. The Morgan fingerprint density at radius 3 is 2.74 bits per heavy atom. The van der Waals surface area contributed by atoms with Gasteiger partial charge in [-0.25, -0.2) is 4.68 Å². The van der Waals surface area contributed by atoms with E-state index in [1.54, 1.807) is 11.6 Å². The molecule has 0 unspecified atom stereocenters. The number of nitro groups is 1. The van der Waals surface area contributed by atoms with Crippen LogP contribution in [0.25, 0.3) is 0 Å². The summed E-state index contributed by atoms with van der Waals surface area (Å²) in [6.07, 6.45) is 1.02. The number of aryl methyl sites for hydroxylation is 2. The Kier molecular flexibility index (Phi) is 5.75. The van der Waals surface area contributed by atoms with Crippen LogP contribution >= 0.6 is 0 Å². The van der Waals surface area contributed by atoms with E-state index < -0.39 is 0 Å². The summed E-state index contributed by atoms with van der Waals surface area (Å²) in [7, 11) is 0. The van der Waals surface area contributed by atoms with Gasteiger partial charge in [-0.2, -0.15) is 5.10 Å². The van der Waals surface area contributed by atoms with Crippen molar-refractivity contribution in [3.63, 3.8) is 0 Å². The lowest BCUT2D eigenvalue weighted by Gasteiger charge is -2.10. The zero-order valence-electron chi connectivity index (χ0n) is 12.0. The third-order valence-electron chi connectivity index (χ3n) is 2.56. The fraction of sp³-hybridized carbons (Fsp3) is 0.750. The van der Waals surface area contributed by atoms with Gasteiger partial charge in [0.25, 0.3) is 0 Å². The van der Waals surface area contributed by atoms with E-state index in [1.165, 1.54) is 0 Å². The molecule has 0 amide bonds. The topological polar surface area (TPSA) is 82.2 Å². The van der Waals surface area contributed by atoms with Gasteiger partial charge in [0.05, 0.1) is 17.6 Å². The number of ether oxygens (including phenoxy) is 1. The van der Waals surface area contributed by atoms with Crippen LogP contribution in [0.5, 0.6) is 0 Å². The predicted octanol–water partition coefficient (Wildman–Crippen LogP) is 2.35. The zero-order valence-corrected chi connectivity index (χ0v) is 12.0. The van der Waals surface area contributed by atoms with Gasteiger partial charge in [-0.05, 0) is 27.2 Å². The molecule has 7 heteroatoms. The van der Waals surface area contributed by atoms with Crippen molar-refractivity contribution < 1.29 is 9.66 Å². The lowest BCUT2D eigenvalue weighted by molar-refractivity contribution is -0.384. The van der Waals surface area contributed by atoms with Crippen LogP contribution in [0.1, 0.15) is 32.9 Å². The quantitative estimate of drug-likeness (QED) is 0.445. The molecule has 1 rings (SSSR count). The predicted molar refractivity (Wildman–Crippen MR) is 73.5 cm³/mol. The summed E-state index contributed by atoms with van der Waals surface area (Å²) in [4.78, 5) is 10.7. The molecule has 0 atom stereocenters. The highest BCUT2D eigenvalue weighted by molar-refractivity contribution is 5.59. The highest BCUT2D eigenvalue weighted by Gasteiger charge is 2.24. The Morgan fingerprint density at radius 2 is 2.21 bits per heavy atom. The van der Waals surface area contributed by atoms with Crippen LogP contribution in [-0.2, 0) is 11.3 Å². The smallest absolute Gasteiger partial charge is 0.333 e. The number of anilines is 1. The van der Waals surface area contributed by atoms with Crippen LogP contribution in [0, 0.1) is 17.0 Å². The molecule has 19 heavy (non-hydrogen) atoms. The molecule has 1 aromatic heterocycles. The van der Waals surface area contributed by atoms with Crippen LogP contribution in [-0.4, -0.2) is 34.0 Å². The first-order chi connectivity index (χ1) is 8.97. The summed E-state index contributed by atoms with van der Waals surface area (Å²) in [5.41, 5.74) is 0.490. The van der Waals surface area contributed by atoms with Crippen molar-refractivity contribution in [2.75, 3.05) is 18.5 Å². The van der Waals surface area contributed by atoms with Crippen molar-refractivity contribution >= 4 is 11.5 Å². The van der Waals surface area contributed by atoms with E-state index in [1.807, 2.05) is 20.8 Å². The highest BCUT2D eigenvalue weighted by atomic mass is 16.6. The van der Waals surface area contributed by atoms with Gasteiger partial charge in [0.1, 0.15) is 5.69 Å². The van der Waals surface area contributed by atoms with E-state index in [-0.39, 0.29) is 16.7 Å². The maximum atomic E-state index is 11.1.